The molecule has 0 spiro atoms. The van der Waals surface area contributed by atoms with Crippen molar-refractivity contribution in [3.63, 3.8) is 0 Å². The van der Waals surface area contributed by atoms with Gasteiger partial charge in [-0.25, -0.2) is 4.79 Å². The summed E-state index contributed by atoms with van der Waals surface area (Å²) >= 11 is 0. The molecular weight excluding hydrogens is 450 g/mol. The Morgan fingerprint density at radius 3 is 2.14 bits per heavy atom. The van der Waals surface area contributed by atoms with Crippen LogP contribution in [0.2, 0.25) is 0 Å². The maximum atomic E-state index is 13.4. The third kappa shape index (κ3) is 7.26. The molecule has 0 aliphatic carbocycles. The smallest absolute Gasteiger partial charge is 0.321 e. The molecule has 6 nitrogen and oxygen atoms in total. The molecule has 0 radical (unpaired) electrons. The van der Waals surface area contributed by atoms with Crippen molar-refractivity contribution in [2.75, 3.05) is 51.3 Å². The number of nitrogens with one attached hydrogen (secondary N) is 1. The summed E-state index contributed by atoms with van der Waals surface area (Å²) in [6, 6.07) is 27.9. The molecule has 1 aliphatic heterocycles. The lowest BCUT2D eigenvalue weighted by molar-refractivity contribution is 0.0351. The third-order valence-corrected chi connectivity index (χ3v) is 6.69. The summed E-state index contributed by atoms with van der Waals surface area (Å²) in [5.41, 5.74) is 3.70. The first kappa shape index (κ1) is 25.6. The van der Waals surface area contributed by atoms with Crippen molar-refractivity contribution >= 4 is 17.5 Å². The van der Waals surface area contributed by atoms with Crippen LogP contribution in [0.5, 0.6) is 0 Å². The van der Waals surface area contributed by atoms with Crippen molar-refractivity contribution in [3.05, 3.63) is 102 Å². The molecule has 0 atom stereocenters. The standard InChI is InChI=1S/C30H35N3O3/c1-24(34)27-13-8-14-28(23-27)31-30(35)33(18-17-32-19-21-36-22-20-32)16-15-29(25-9-4-2-5-10-25)26-11-6-3-7-12-26/h2-14,23,29H,15-22H2,1H3,(H,31,35). The third-order valence-electron chi connectivity index (χ3n) is 6.69. The Kier molecular flexibility index (Phi) is 9.25. The van der Waals surface area contributed by atoms with Gasteiger partial charge in [0.2, 0.25) is 0 Å². The van der Waals surface area contributed by atoms with Gasteiger partial charge in [-0.15, -0.1) is 0 Å². The minimum absolute atomic E-state index is 0.0242. The lowest BCUT2D eigenvalue weighted by Gasteiger charge is -2.31. The second-order valence-corrected chi connectivity index (χ2v) is 9.17. The van der Waals surface area contributed by atoms with Crippen LogP contribution in [0.15, 0.2) is 84.9 Å². The van der Waals surface area contributed by atoms with Gasteiger partial charge >= 0.3 is 6.03 Å². The number of anilines is 1. The molecule has 1 aliphatic rings. The predicted molar refractivity (Wildman–Crippen MR) is 144 cm³/mol. The number of Topliss-reactive ketones (excluding diaryl/α,β-unsaturated/α-hetero) is 1. The van der Waals surface area contributed by atoms with Crippen molar-refractivity contribution in [2.24, 2.45) is 0 Å². The van der Waals surface area contributed by atoms with Crippen LogP contribution in [0, 0.1) is 0 Å². The molecule has 0 saturated carbocycles. The number of morpholine rings is 1. The van der Waals surface area contributed by atoms with E-state index in [2.05, 4.69) is 58.7 Å². The number of carbonyl (C=O) groups excluding carboxylic acids is 2. The van der Waals surface area contributed by atoms with Gasteiger partial charge in [0.1, 0.15) is 0 Å². The second-order valence-electron chi connectivity index (χ2n) is 9.17. The molecule has 3 aromatic carbocycles. The number of ether oxygens (including phenoxy) is 1. The Labute approximate surface area is 213 Å². The summed E-state index contributed by atoms with van der Waals surface area (Å²) in [6.07, 6.45) is 0.804. The van der Waals surface area contributed by atoms with Crippen LogP contribution >= 0.6 is 0 Å². The second kappa shape index (κ2) is 13.0. The normalized spacial score (nSPS) is 13.9. The molecule has 4 rings (SSSR count). The summed E-state index contributed by atoms with van der Waals surface area (Å²) in [7, 11) is 0. The number of hydrogen-bond acceptors (Lipinski definition) is 4. The monoisotopic (exact) mass is 485 g/mol. The number of urea groups is 1. The van der Waals surface area contributed by atoms with E-state index < -0.39 is 0 Å². The summed E-state index contributed by atoms with van der Waals surface area (Å²) in [5, 5.41) is 3.02. The van der Waals surface area contributed by atoms with Crippen LogP contribution in [0.3, 0.4) is 0 Å². The van der Waals surface area contributed by atoms with Gasteiger partial charge in [0.25, 0.3) is 0 Å². The summed E-state index contributed by atoms with van der Waals surface area (Å²) in [4.78, 5) is 29.5. The first-order valence-corrected chi connectivity index (χ1v) is 12.7. The summed E-state index contributed by atoms with van der Waals surface area (Å²) in [6.45, 7) is 6.78. The van der Waals surface area contributed by atoms with Crippen LogP contribution in [0.1, 0.15) is 40.7 Å². The van der Waals surface area contributed by atoms with Crippen molar-refractivity contribution < 1.29 is 14.3 Å². The predicted octanol–water partition coefficient (Wildman–Crippen LogP) is 5.28. The Hall–Kier alpha value is -3.48. The SMILES string of the molecule is CC(=O)c1cccc(NC(=O)N(CCC(c2ccccc2)c2ccccc2)CCN2CCOCC2)c1. The zero-order valence-electron chi connectivity index (χ0n) is 20.9. The highest BCUT2D eigenvalue weighted by Crippen LogP contribution is 2.28. The number of benzene rings is 3. The molecule has 188 valence electrons. The number of ketones is 1. The molecular formula is C30H35N3O3. The van der Waals surface area contributed by atoms with Gasteiger partial charge in [0, 0.05) is 49.9 Å². The molecule has 1 N–H and O–H groups in total. The summed E-state index contributed by atoms with van der Waals surface area (Å²) < 4.78 is 5.48. The maximum absolute atomic E-state index is 13.4. The van der Waals surface area contributed by atoms with E-state index in [4.69, 9.17) is 4.74 Å². The lowest BCUT2D eigenvalue weighted by Crippen LogP contribution is -2.44. The Morgan fingerprint density at radius 2 is 1.53 bits per heavy atom. The van der Waals surface area contributed by atoms with Gasteiger partial charge in [-0.1, -0.05) is 72.8 Å². The average Bonchev–Trinajstić information content (AvgIpc) is 2.92. The maximum Gasteiger partial charge on any atom is 0.321 e. The fraction of sp³-hybridized carbons (Fsp3) is 0.333. The number of rotatable bonds is 10. The van der Waals surface area contributed by atoms with Gasteiger partial charge < -0.3 is 15.0 Å². The van der Waals surface area contributed by atoms with Crippen LogP contribution < -0.4 is 5.32 Å². The molecule has 3 aromatic rings. The van der Waals surface area contributed by atoms with Crippen LogP contribution in [-0.2, 0) is 4.74 Å². The minimum Gasteiger partial charge on any atom is -0.379 e. The van der Waals surface area contributed by atoms with E-state index in [1.807, 2.05) is 23.1 Å². The summed E-state index contributed by atoms with van der Waals surface area (Å²) in [5.74, 6) is 0.163. The van der Waals surface area contributed by atoms with Crippen LogP contribution in [0.25, 0.3) is 0 Å². The van der Waals surface area contributed by atoms with Crippen molar-refractivity contribution in [3.8, 4) is 0 Å². The van der Waals surface area contributed by atoms with Crippen molar-refractivity contribution in [1.82, 2.24) is 9.80 Å². The van der Waals surface area contributed by atoms with E-state index in [0.29, 0.717) is 24.3 Å². The molecule has 0 aromatic heterocycles. The van der Waals surface area contributed by atoms with Crippen molar-refractivity contribution in [2.45, 2.75) is 19.3 Å². The van der Waals surface area contributed by atoms with Gasteiger partial charge in [-0.2, -0.15) is 0 Å². The highest BCUT2D eigenvalue weighted by Gasteiger charge is 2.21. The largest absolute Gasteiger partial charge is 0.379 e. The quantitative estimate of drug-likeness (QED) is 0.397. The van der Waals surface area contributed by atoms with Crippen LogP contribution in [-0.4, -0.2) is 67.6 Å². The average molecular weight is 486 g/mol. The molecule has 1 fully saturated rings. The van der Waals surface area contributed by atoms with Gasteiger partial charge in [-0.05, 0) is 36.6 Å². The number of hydrogen-bond donors (Lipinski definition) is 1. The molecule has 1 heterocycles. The van der Waals surface area contributed by atoms with E-state index in [-0.39, 0.29) is 17.7 Å². The molecule has 0 bridgehead atoms. The fourth-order valence-corrected chi connectivity index (χ4v) is 4.60. The number of amides is 2. The number of carbonyl (C=O) groups is 2. The lowest BCUT2D eigenvalue weighted by atomic mass is 9.88. The van der Waals surface area contributed by atoms with Gasteiger partial charge in [0.15, 0.2) is 5.78 Å². The van der Waals surface area contributed by atoms with E-state index in [9.17, 15) is 9.59 Å². The van der Waals surface area contributed by atoms with E-state index >= 15 is 0 Å². The zero-order valence-corrected chi connectivity index (χ0v) is 20.9. The first-order chi connectivity index (χ1) is 17.6. The number of nitrogens with zero attached hydrogens (tertiary/aromatic N) is 2. The Bertz CT molecular complexity index is 1080. The molecule has 0 unspecified atom stereocenters. The van der Waals surface area contributed by atoms with E-state index in [0.717, 1.165) is 39.3 Å². The molecule has 36 heavy (non-hydrogen) atoms. The molecule has 1 saturated heterocycles. The molecule has 6 heteroatoms. The zero-order chi connectivity index (χ0) is 25.2. The van der Waals surface area contributed by atoms with E-state index in [1.54, 1.807) is 18.2 Å². The van der Waals surface area contributed by atoms with Crippen LogP contribution in [0.4, 0.5) is 10.5 Å². The van der Waals surface area contributed by atoms with Crippen molar-refractivity contribution in [1.29, 1.82) is 0 Å². The highest BCUT2D eigenvalue weighted by atomic mass is 16.5. The van der Waals surface area contributed by atoms with Gasteiger partial charge in [0.05, 0.1) is 13.2 Å². The Morgan fingerprint density at radius 1 is 0.889 bits per heavy atom. The fourth-order valence-electron chi connectivity index (χ4n) is 4.60. The molecule has 2 amide bonds. The Balaban J connectivity index is 1.50. The topological polar surface area (TPSA) is 61.9 Å². The minimum atomic E-state index is -0.149. The van der Waals surface area contributed by atoms with Gasteiger partial charge in [-0.3, -0.25) is 9.69 Å². The first-order valence-electron chi connectivity index (χ1n) is 12.7. The van der Waals surface area contributed by atoms with E-state index in [1.165, 1.54) is 18.1 Å². The highest BCUT2D eigenvalue weighted by molar-refractivity contribution is 5.96.